The van der Waals surface area contributed by atoms with E-state index in [1.165, 1.54) is 25.3 Å². The summed E-state index contributed by atoms with van der Waals surface area (Å²) < 4.78 is 33.6. The number of carbonyl (C=O) groups is 2. The predicted molar refractivity (Wildman–Crippen MR) is 109 cm³/mol. The summed E-state index contributed by atoms with van der Waals surface area (Å²) in [6.45, 7) is 1.80. The molecule has 1 saturated heterocycles. The van der Waals surface area contributed by atoms with Gasteiger partial charge in [0.15, 0.2) is 0 Å². The van der Waals surface area contributed by atoms with Crippen LogP contribution in [0, 0.1) is 0 Å². The number of imide groups is 1. The van der Waals surface area contributed by atoms with E-state index in [-0.39, 0.29) is 47.0 Å². The summed E-state index contributed by atoms with van der Waals surface area (Å²) >= 11 is 0. The summed E-state index contributed by atoms with van der Waals surface area (Å²) in [7, 11) is -2.43. The Labute approximate surface area is 170 Å². The first-order valence-electron chi connectivity index (χ1n) is 9.42. The molecule has 0 bridgehead atoms. The number of anilines is 1. The molecule has 7 nitrogen and oxygen atoms in total. The third-order valence-electron chi connectivity index (χ3n) is 4.82. The second kappa shape index (κ2) is 8.75. The van der Waals surface area contributed by atoms with Crippen molar-refractivity contribution in [3.8, 4) is 5.75 Å². The van der Waals surface area contributed by atoms with Crippen molar-refractivity contribution in [2.24, 2.45) is 0 Å². The Morgan fingerprint density at radius 3 is 2.34 bits per heavy atom. The molecule has 0 aromatic heterocycles. The Morgan fingerprint density at radius 2 is 1.72 bits per heavy atom. The van der Waals surface area contributed by atoms with Crippen LogP contribution in [0.3, 0.4) is 0 Å². The lowest BCUT2D eigenvalue weighted by atomic mass is 10.1. The highest BCUT2D eigenvalue weighted by molar-refractivity contribution is 7.89. The molecule has 29 heavy (non-hydrogen) atoms. The fourth-order valence-corrected chi connectivity index (χ4v) is 4.57. The molecule has 0 aliphatic carbocycles. The molecule has 1 heterocycles. The molecule has 2 aromatic rings. The monoisotopic (exact) mass is 416 g/mol. The number of methoxy groups -OCH3 is 1. The maximum absolute atomic E-state index is 12.8. The summed E-state index contributed by atoms with van der Waals surface area (Å²) in [5.74, 6) is -0.469. The van der Waals surface area contributed by atoms with E-state index in [2.05, 4.69) is 4.72 Å². The number of hydrogen-bond acceptors (Lipinski definition) is 5. The van der Waals surface area contributed by atoms with Crippen molar-refractivity contribution in [3.05, 3.63) is 54.1 Å². The molecule has 0 unspecified atom stereocenters. The van der Waals surface area contributed by atoms with Gasteiger partial charge in [0.1, 0.15) is 5.75 Å². The van der Waals surface area contributed by atoms with E-state index in [0.717, 1.165) is 16.9 Å². The lowest BCUT2D eigenvalue weighted by Crippen LogP contribution is -2.33. The smallest absolute Gasteiger partial charge is 0.240 e. The number of amides is 2. The van der Waals surface area contributed by atoms with Crippen molar-refractivity contribution >= 4 is 27.5 Å². The van der Waals surface area contributed by atoms with E-state index < -0.39 is 10.0 Å². The molecule has 3 rings (SSSR count). The van der Waals surface area contributed by atoms with Crippen molar-refractivity contribution in [3.63, 3.8) is 0 Å². The van der Waals surface area contributed by atoms with Crippen LogP contribution in [0.5, 0.6) is 5.75 Å². The lowest BCUT2D eigenvalue weighted by Gasteiger charge is -2.19. The molecule has 0 spiro atoms. The maximum atomic E-state index is 12.8. The van der Waals surface area contributed by atoms with E-state index in [9.17, 15) is 18.0 Å². The van der Waals surface area contributed by atoms with Crippen LogP contribution in [0.15, 0.2) is 53.4 Å². The minimum absolute atomic E-state index is 0.0210. The lowest BCUT2D eigenvalue weighted by molar-refractivity contribution is -0.121. The first-order chi connectivity index (χ1) is 13.8. The molecule has 2 amide bonds. The van der Waals surface area contributed by atoms with Crippen molar-refractivity contribution in [1.29, 1.82) is 0 Å². The normalized spacial score (nSPS) is 15.6. The zero-order chi connectivity index (χ0) is 21.0. The molecule has 1 aliphatic rings. The quantitative estimate of drug-likeness (QED) is 0.668. The zero-order valence-corrected chi connectivity index (χ0v) is 17.2. The van der Waals surface area contributed by atoms with Crippen molar-refractivity contribution in [2.75, 3.05) is 12.0 Å². The Balaban J connectivity index is 1.78. The molecule has 1 fully saturated rings. The second-order valence-corrected chi connectivity index (χ2v) is 8.72. The van der Waals surface area contributed by atoms with Gasteiger partial charge in [0, 0.05) is 18.9 Å². The average Bonchev–Trinajstić information content (AvgIpc) is 3.04. The molecule has 1 N–H and O–H groups in total. The van der Waals surface area contributed by atoms with E-state index >= 15 is 0 Å². The first kappa shape index (κ1) is 21.0. The summed E-state index contributed by atoms with van der Waals surface area (Å²) in [6.07, 6.45) is 1.59. The van der Waals surface area contributed by atoms with Crippen LogP contribution in [0.1, 0.15) is 31.7 Å². The van der Waals surface area contributed by atoms with Gasteiger partial charge in [0.25, 0.3) is 0 Å². The van der Waals surface area contributed by atoms with Crippen LogP contribution in [0.2, 0.25) is 0 Å². The van der Waals surface area contributed by atoms with Crippen molar-refractivity contribution < 1.29 is 22.7 Å². The number of ether oxygens (including phenoxy) is 1. The van der Waals surface area contributed by atoms with Gasteiger partial charge < -0.3 is 4.74 Å². The summed E-state index contributed by atoms with van der Waals surface area (Å²) in [4.78, 5) is 25.2. The number of rotatable bonds is 8. The molecule has 2 aromatic carbocycles. The topological polar surface area (TPSA) is 92.8 Å². The van der Waals surface area contributed by atoms with Crippen LogP contribution in [-0.2, 0) is 26.0 Å². The Morgan fingerprint density at radius 1 is 1.07 bits per heavy atom. The second-order valence-electron chi connectivity index (χ2n) is 7.00. The molecular formula is C21H24N2O5S. The van der Waals surface area contributed by atoms with E-state index in [1.54, 1.807) is 6.92 Å². The van der Waals surface area contributed by atoms with Crippen LogP contribution in [0.25, 0.3) is 0 Å². The summed E-state index contributed by atoms with van der Waals surface area (Å²) in [5, 5.41) is 0. The zero-order valence-electron chi connectivity index (χ0n) is 16.4. The van der Waals surface area contributed by atoms with Gasteiger partial charge in [-0.05, 0) is 43.5 Å². The van der Waals surface area contributed by atoms with Gasteiger partial charge in [0.05, 0.1) is 17.7 Å². The molecule has 0 saturated carbocycles. The average molecular weight is 416 g/mol. The SMILES string of the molecule is COc1ccc(S(=O)(=O)N[C@@H](C)CCc2ccccc2)cc1N1C(=O)CCC1=O. The highest BCUT2D eigenvalue weighted by Gasteiger charge is 2.33. The number of nitrogens with zero attached hydrogens (tertiary/aromatic N) is 1. The number of sulfonamides is 1. The highest BCUT2D eigenvalue weighted by atomic mass is 32.2. The van der Waals surface area contributed by atoms with Crippen LogP contribution < -0.4 is 14.4 Å². The summed E-state index contributed by atoms with van der Waals surface area (Å²) in [5.41, 5.74) is 1.29. The van der Waals surface area contributed by atoms with Gasteiger partial charge in [-0.15, -0.1) is 0 Å². The van der Waals surface area contributed by atoms with Crippen molar-refractivity contribution in [1.82, 2.24) is 4.72 Å². The molecule has 0 radical (unpaired) electrons. The third-order valence-corrected chi connectivity index (χ3v) is 6.41. The minimum Gasteiger partial charge on any atom is -0.495 e. The minimum atomic E-state index is -3.83. The number of carbonyl (C=O) groups excluding carboxylic acids is 2. The van der Waals surface area contributed by atoms with E-state index in [1.807, 2.05) is 30.3 Å². The maximum Gasteiger partial charge on any atom is 0.240 e. The number of benzene rings is 2. The molecular weight excluding hydrogens is 392 g/mol. The Hall–Kier alpha value is -2.71. The largest absolute Gasteiger partial charge is 0.495 e. The summed E-state index contributed by atoms with van der Waals surface area (Å²) in [6, 6.07) is 13.7. The number of aryl methyl sites for hydroxylation is 1. The van der Waals surface area contributed by atoms with E-state index in [4.69, 9.17) is 4.74 Å². The van der Waals surface area contributed by atoms with Crippen LogP contribution in [-0.4, -0.2) is 33.4 Å². The van der Waals surface area contributed by atoms with Gasteiger partial charge >= 0.3 is 0 Å². The van der Waals surface area contributed by atoms with Gasteiger partial charge in [-0.2, -0.15) is 0 Å². The Kier molecular flexibility index (Phi) is 6.34. The molecule has 1 aliphatic heterocycles. The fourth-order valence-electron chi connectivity index (χ4n) is 3.28. The van der Waals surface area contributed by atoms with Gasteiger partial charge in [-0.25, -0.2) is 18.0 Å². The fraction of sp³-hybridized carbons (Fsp3) is 0.333. The van der Waals surface area contributed by atoms with Gasteiger partial charge in [-0.1, -0.05) is 30.3 Å². The van der Waals surface area contributed by atoms with Gasteiger partial charge in [0.2, 0.25) is 21.8 Å². The Bertz CT molecular complexity index is 989. The first-order valence-corrected chi connectivity index (χ1v) is 10.9. The predicted octanol–water partition coefficient (Wildman–Crippen LogP) is 2.65. The van der Waals surface area contributed by atoms with Crippen LogP contribution in [0.4, 0.5) is 5.69 Å². The molecule has 1 atom stereocenters. The van der Waals surface area contributed by atoms with Crippen molar-refractivity contribution in [2.45, 2.75) is 43.5 Å². The highest BCUT2D eigenvalue weighted by Crippen LogP contribution is 2.34. The van der Waals surface area contributed by atoms with Crippen LogP contribution >= 0.6 is 0 Å². The molecule has 8 heteroatoms. The standard InChI is InChI=1S/C21H24N2O5S/c1-15(8-9-16-6-4-3-5-7-16)22-29(26,27)17-10-11-19(28-2)18(14-17)23-20(24)12-13-21(23)25/h3-7,10-11,14-15,22H,8-9,12-13H2,1-2H3/t15-/m0/s1. The number of nitrogens with one attached hydrogen (secondary N) is 1. The van der Waals surface area contributed by atoms with E-state index in [0.29, 0.717) is 6.42 Å². The third kappa shape index (κ3) is 4.83. The van der Waals surface area contributed by atoms with Gasteiger partial charge in [-0.3, -0.25) is 9.59 Å². The number of hydrogen-bond donors (Lipinski definition) is 1. The molecule has 154 valence electrons.